The number of carbonyl (C=O) groups is 2. The van der Waals surface area contributed by atoms with Crippen LogP contribution in [0.2, 0.25) is 0 Å². The molecule has 1 saturated heterocycles. The summed E-state index contributed by atoms with van der Waals surface area (Å²) in [7, 11) is 0. The number of nitrogens with two attached hydrogens (primary N) is 1. The summed E-state index contributed by atoms with van der Waals surface area (Å²) in [5.74, 6) is -0.304. The third kappa shape index (κ3) is 3.59. The van der Waals surface area contributed by atoms with Gasteiger partial charge in [-0.1, -0.05) is 6.07 Å². The molecule has 0 unspecified atom stereocenters. The monoisotopic (exact) mass is 291 g/mol. The molecule has 114 valence electrons. The van der Waals surface area contributed by atoms with E-state index in [2.05, 4.69) is 5.32 Å². The van der Waals surface area contributed by atoms with Gasteiger partial charge in [0.15, 0.2) is 0 Å². The number of benzene rings is 1. The molecule has 0 spiro atoms. The van der Waals surface area contributed by atoms with Crippen LogP contribution >= 0.6 is 0 Å². The maximum absolute atomic E-state index is 12.5. The molecule has 21 heavy (non-hydrogen) atoms. The van der Waals surface area contributed by atoms with Crippen LogP contribution in [0.1, 0.15) is 22.8 Å². The molecule has 0 bridgehead atoms. The minimum absolute atomic E-state index is 0.0345. The number of ether oxygens (including phenoxy) is 1. The highest BCUT2D eigenvalue weighted by atomic mass is 16.5. The number of nitrogens with zero attached hydrogens (tertiary/aromatic N) is 1. The van der Waals surface area contributed by atoms with Gasteiger partial charge >= 0.3 is 0 Å². The van der Waals surface area contributed by atoms with Crippen molar-refractivity contribution in [2.75, 3.05) is 31.6 Å². The summed E-state index contributed by atoms with van der Waals surface area (Å²) < 4.78 is 5.25. The summed E-state index contributed by atoms with van der Waals surface area (Å²) in [6.45, 7) is 5.75. The van der Waals surface area contributed by atoms with E-state index in [4.69, 9.17) is 10.5 Å². The van der Waals surface area contributed by atoms with E-state index >= 15 is 0 Å². The second-order valence-corrected chi connectivity index (χ2v) is 5.16. The molecule has 3 N–H and O–H groups in total. The maximum atomic E-state index is 12.5. The highest BCUT2D eigenvalue weighted by Gasteiger charge is 2.21. The van der Waals surface area contributed by atoms with Crippen molar-refractivity contribution in [3.8, 4) is 0 Å². The van der Waals surface area contributed by atoms with Gasteiger partial charge in [0.25, 0.3) is 5.91 Å². The molecule has 2 amide bonds. The fourth-order valence-electron chi connectivity index (χ4n) is 2.19. The quantitative estimate of drug-likeness (QED) is 0.861. The average Bonchev–Trinajstić information content (AvgIpc) is 2.49. The van der Waals surface area contributed by atoms with Crippen LogP contribution in [-0.4, -0.2) is 49.1 Å². The third-order valence-electron chi connectivity index (χ3n) is 3.53. The molecular formula is C15H21N3O3. The molecule has 1 heterocycles. The number of hydrogen-bond acceptors (Lipinski definition) is 4. The van der Waals surface area contributed by atoms with Crippen molar-refractivity contribution in [2.24, 2.45) is 5.73 Å². The summed E-state index contributed by atoms with van der Waals surface area (Å²) in [6, 6.07) is 4.71. The van der Waals surface area contributed by atoms with Gasteiger partial charge in [-0.25, -0.2) is 0 Å². The molecule has 1 aromatic carbocycles. The Morgan fingerprint density at radius 1 is 1.33 bits per heavy atom. The van der Waals surface area contributed by atoms with Crippen molar-refractivity contribution in [3.63, 3.8) is 0 Å². The Labute approximate surface area is 124 Å². The molecule has 0 radical (unpaired) electrons. The summed E-state index contributed by atoms with van der Waals surface area (Å²) >= 11 is 0. The third-order valence-corrected chi connectivity index (χ3v) is 3.53. The lowest BCUT2D eigenvalue weighted by molar-refractivity contribution is -0.117. The van der Waals surface area contributed by atoms with Crippen LogP contribution < -0.4 is 11.1 Å². The molecular weight excluding hydrogens is 270 g/mol. The Balaban J connectivity index is 2.20. The SMILES string of the molecule is Cc1c(NC(=O)[C@H](C)N)cccc1C(=O)N1CCOCC1. The molecule has 6 nitrogen and oxygen atoms in total. The number of carbonyl (C=O) groups excluding carboxylic acids is 2. The highest BCUT2D eigenvalue weighted by Crippen LogP contribution is 2.21. The van der Waals surface area contributed by atoms with Crippen LogP contribution in [0.3, 0.4) is 0 Å². The zero-order chi connectivity index (χ0) is 15.4. The number of hydrogen-bond donors (Lipinski definition) is 2. The number of rotatable bonds is 3. The molecule has 0 aliphatic carbocycles. The van der Waals surface area contributed by atoms with Crippen LogP contribution in [0.25, 0.3) is 0 Å². The second-order valence-electron chi connectivity index (χ2n) is 5.16. The Bertz CT molecular complexity index is 537. The van der Waals surface area contributed by atoms with E-state index in [1.54, 1.807) is 30.0 Å². The van der Waals surface area contributed by atoms with Gasteiger partial charge in [-0.2, -0.15) is 0 Å². The highest BCUT2D eigenvalue weighted by molar-refractivity contribution is 6.00. The number of amides is 2. The predicted molar refractivity (Wildman–Crippen MR) is 80.2 cm³/mol. The van der Waals surface area contributed by atoms with Crippen molar-refractivity contribution >= 4 is 17.5 Å². The van der Waals surface area contributed by atoms with Crippen LogP contribution in [0.4, 0.5) is 5.69 Å². The standard InChI is InChI=1S/C15H21N3O3/c1-10-12(15(20)18-6-8-21-9-7-18)4-3-5-13(10)17-14(19)11(2)16/h3-5,11H,6-9,16H2,1-2H3,(H,17,19)/t11-/m0/s1. The van der Waals surface area contributed by atoms with Crippen LogP contribution in [0, 0.1) is 6.92 Å². The fourth-order valence-corrected chi connectivity index (χ4v) is 2.19. The van der Waals surface area contributed by atoms with Crippen molar-refractivity contribution in [2.45, 2.75) is 19.9 Å². The molecule has 1 atom stereocenters. The first-order valence-electron chi connectivity index (χ1n) is 7.04. The molecule has 1 aromatic rings. The van der Waals surface area contributed by atoms with Gasteiger partial charge < -0.3 is 20.7 Å². The average molecular weight is 291 g/mol. The molecule has 2 rings (SSSR count). The van der Waals surface area contributed by atoms with Gasteiger partial charge in [-0.05, 0) is 31.5 Å². The van der Waals surface area contributed by atoms with Crippen LogP contribution in [0.5, 0.6) is 0 Å². The van der Waals surface area contributed by atoms with Gasteiger partial charge in [0.2, 0.25) is 5.91 Å². The van der Waals surface area contributed by atoms with Crippen molar-refractivity contribution in [1.82, 2.24) is 4.90 Å². The molecule has 0 aromatic heterocycles. The topological polar surface area (TPSA) is 84.7 Å². The van der Waals surface area contributed by atoms with E-state index in [0.29, 0.717) is 37.6 Å². The van der Waals surface area contributed by atoms with E-state index in [1.807, 2.05) is 6.92 Å². The molecule has 6 heteroatoms. The Kier molecular flexibility index (Phi) is 4.93. The van der Waals surface area contributed by atoms with Crippen LogP contribution in [-0.2, 0) is 9.53 Å². The zero-order valence-corrected chi connectivity index (χ0v) is 12.4. The van der Waals surface area contributed by atoms with Gasteiger partial charge in [-0.3, -0.25) is 9.59 Å². The summed E-state index contributed by atoms with van der Waals surface area (Å²) in [5.41, 5.74) is 7.52. The van der Waals surface area contributed by atoms with Gasteiger partial charge in [0.1, 0.15) is 0 Å². The summed E-state index contributed by atoms with van der Waals surface area (Å²) in [5, 5.41) is 2.75. The van der Waals surface area contributed by atoms with Crippen molar-refractivity contribution in [1.29, 1.82) is 0 Å². The summed E-state index contributed by atoms with van der Waals surface area (Å²) in [6.07, 6.45) is 0. The largest absolute Gasteiger partial charge is 0.378 e. The molecule has 0 saturated carbocycles. The Hall–Kier alpha value is -1.92. The lowest BCUT2D eigenvalue weighted by Gasteiger charge is -2.27. The van der Waals surface area contributed by atoms with Gasteiger partial charge in [-0.15, -0.1) is 0 Å². The number of anilines is 1. The van der Waals surface area contributed by atoms with E-state index in [1.165, 1.54) is 0 Å². The first-order valence-corrected chi connectivity index (χ1v) is 7.04. The zero-order valence-electron chi connectivity index (χ0n) is 12.4. The van der Waals surface area contributed by atoms with Crippen LogP contribution in [0.15, 0.2) is 18.2 Å². The Morgan fingerprint density at radius 3 is 2.62 bits per heavy atom. The van der Waals surface area contributed by atoms with Crippen molar-refractivity contribution < 1.29 is 14.3 Å². The molecule has 1 aliphatic rings. The number of morpholine rings is 1. The second kappa shape index (κ2) is 6.69. The minimum Gasteiger partial charge on any atom is -0.378 e. The fraction of sp³-hybridized carbons (Fsp3) is 0.467. The lowest BCUT2D eigenvalue weighted by Crippen LogP contribution is -2.41. The minimum atomic E-state index is -0.594. The lowest BCUT2D eigenvalue weighted by atomic mass is 10.0. The normalized spacial score (nSPS) is 16.4. The first kappa shape index (κ1) is 15.5. The first-order chi connectivity index (χ1) is 10.0. The van der Waals surface area contributed by atoms with Gasteiger partial charge in [0.05, 0.1) is 19.3 Å². The number of nitrogens with one attached hydrogen (secondary N) is 1. The van der Waals surface area contributed by atoms with E-state index in [9.17, 15) is 9.59 Å². The maximum Gasteiger partial charge on any atom is 0.254 e. The van der Waals surface area contributed by atoms with Gasteiger partial charge in [0, 0.05) is 24.3 Å². The molecule has 1 aliphatic heterocycles. The predicted octanol–water partition coefficient (Wildman–Crippen LogP) is 0.753. The van der Waals surface area contributed by atoms with E-state index in [0.717, 1.165) is 5.56 Å². The van der Waals surface area contributed by atoms with Crippen molar-refractivity contribution in [3.05, 3.63) is 29.3 Å². The smallest absolute Gasteiger partial charge is 0.254 e. The van der Waals surface area contributed by atoms with E-state index < -0.39 is 6.04 Å². The molecule has 1 fully saturated rings. The summed E-state index contributed by atoms with van der Waals surface area (Å²) in [4.78, 5) is 26.0. The van der Waals surface area contributed by atoms with E-state index in [-0.39, 0.29) is 11.8 Å². The Morgan fingerprint density at radius 2 is 2.00 bits per heavy atom.